The van der Waals surface area contributed by atoms with Gasteiger partial charge in [-0.1, -0.05) is 38.4 Å². The molecule has 96 valence electrons. The fourth-order valence-corrected chi connectivity index (χ4v) is 2.31. The minimum Gasteiger partial charge on any atom is -0.311 e. The van der Waals surface area contributed by atoms with Crippen molar-refractivity contribution in [2.75, 3.05) is 0 Å². The first kappa shape index (κ1) is 14.9. The number of rotatable bonds is 4. The summed E-state index contributed by atoms with van der Waals surface area (Å²) in [5, 5.41) is 3.54. The topological polar surface area (TPSA) is 12.0 Å². The summed E-state index contributed by atoms with van der Waals surface area (Å²) in [5.41, 5.74) is 0.652. The molecule has 1 N–H and O–H groups in total. The van der Waals surface area contributed by atoms with Crippen LogP contribution >= 0.6 is 27.5 Å². The monoisotopic (exact) mass is 321 g/mol. The molecule has 17 heavy (non-hydrogen) atoms. The molecule has 0 saturated heterocycles. The first-order valence-electron chi connectivity index (χ1n) is 5.74. The largest absolute Gasteiger partial charge is 0.311 e. The Kier molecular flexibility index (Phi) is 5.42. The lowest BCUT2D eigenvalue weighted by Gasteiger charge is -2.24. The first-order valence-corrected chi connectivity index (χ1v) is 6.91. The highest BCUT2D eigenvalue weighted by atomic mass is 79.9. The zero-order valence-electron chi connectivity index (χ0n) is 10.5. The third-order valence-corrected chi connectivity index (χ3v) is 4.16. The van der Waals surface area contributed by atoms with Crippen LogP contribution in [0.1, 0.15) is 39.2 Å². The second kappa shape index (κ2) is 6.17. The van der Waals surface area contributed by atoms with Crippen LogP contribution in [0.2, 0.25) is 5.02 Å². The average Bonchev–Trinajstić information content (AvgIpc) is 2.24. The maximum Gasteiger partial charge on any atom is 0.146 e. The summed E-state index contributed by atoms with van der Waals surface area (Å²) in [6.07, 6.45) is 0. The number of benzene rings is 1. The Labute approximate surface area is 116 Å². The third kappa shape index (κ3) is 3.67. The molecule has 0 aliphatic heterocycles. The van der Waals surface area contributed by atoms with E-state index in [4.69, 9.17) is 11.6 Å². The molecule has 2 atom stereocenters. The van der Waals surface area contributed by atoms with Crippen molar-refractivity contribution in [2.24, 2.45) is 0 Å². The highest BCUT2D eigenvalue weighted by Crippen LogP contribution is 2.32. The van der Waals surface area contributed by atoms with Crippen molar-refractivity contribution in [3.05, 3.63) is 33.0 Å². The molecule has 1 aromatic rings. The van der Waals surface area contributed by atoms with Crippen LogP contribution in [0.3, 0.4) is 0 Å². The molecule has 0 amide bonds. The Balaban J connectivity index is 2.96. The Morgan fingerprint density at radius 1 is 1.24 bits per heavy atom. The van der Waals surface area contributed by atoms with E-state index >= 15 is 0 Å². The fourth-order valence-electron chi connectivity index (χ4n) is 1.83. The van der Waals surface area contributed by atoms with E-state index in [1.165, 1.54) is 0 Å². The molecule has 0 aliphatic rings. The maximum absolute atomic E-state index is 14.0. The molecule has 1 rings (SSSR count). The average molecular weight is 323 g/mol. The third-order valence-electron chi connectivity index (χ3n) is 2.90. The highest BCUT2D eigenvalue weighted by molar-refractivity contribution is 9.10. The van der Waals surface area contributed by atoms with Crippen LogP contribution in [0.4, 0.5) is 4.39 Å². The normalized spacial score (nSPS) is 15.1. The van der Waals surface area contributed by atoms with Gasteiger partial charge in [-0.25, -0.2) is 4.39 Å². The highest BCUT2D eigenvalue weighted by Gasteiger charge is 2.20. The van der Waals surface area contributed by atoms with Crippen LogP contribution < -0.4 is 5.32 Å². The van der Waals surface area contributed by atoms with Gasteiger partial charge in [-0.05, 0) is 40.4 Å². The van der Waals surface area contributed by atoms with Gasteiger partial charge < -0.3 is 5.32 Å². The summed E-state index contributed by atoms with van der Waals surface area (Å²) in [4.78, 5) is 0. The molecule has 2 unspecified atom stereocenters. The molecule has 0 saturated carbocycles. The Morgan fingerprint density at radius 3 is 2.35 bits per heavy atom. The van der Waals surface area contributed by atoms with Gasteiger partial charge >= 0.3 is 0 Å². The summed E-state index contributed by atoms with van der Waals surface area (Å²) in [6.45, 7) is 8.21. The second-order valence-electron chi connectivity index (χ2n) is 4.66. The molecule has 4 heteroatoms. The number of hydrogen-bond acceptors (Lipinski definition) is 1. The van der Waals surface area contributed by atoms with Gasteiger partial charge in [-0.3, -0.25) is 0 Å². The molecule has 0 aliphatic carbocycles. The maximum atomic E-state index is 14.0. The van der Waals surface area contributed by atoms with Crippen LogP contribution in [0.15, 0.2) is 16.6 Å². The second-order valence-corrected chi connectivity index (χ2v) is 5.90. The summed E-state index contributed by atoms with van der Waals surface area (Å²) >= 11 is 9.11. The minimum atomic E-state index is -0.328. The quantitative estimate of drug-likeness (QED) is 0.790. The molecule has 0 aromatic heterocycles. The van der Waals surface area contributed by atoms with Crippen molar-refractivity contribution in [1.29, 1.82) is 0 Å². The number of halogens is 3. The summed E-state index contributed by atoms with van der Waals surface area (Å²) < 4.78 is 14.6. The van der Waals surface area contributed by atoms with Gasteiger partial charge in [0.2, 0.25) is 0 Å². The van der Waals surface area contributed by atoms with Crippen LogP contribution in [0, 0.1) is 5.82 Å². The van der Waals surface area contributed by atoms with E-state index in [0.29, 0.717) is 16.1 Å². The van der Waals surface area contributed by atoms with E-state index in [9.17, 15) is 4.39 Å². The molecule has 1 aromatic carbocycles. The van der Waals surface area contributed by atoms with Crippen molar-refractivity contribution in [2.45, 2.75) is 45.7 Å². The van der Waals surface area contributed by atoms with Crippen molar-refractivity contribution >= 4 is 27.5 Å². The van der Waals surface area contributed by atoms with Gasteiger partial charge in [0.1, 0.15) is 5.82 Å². The van der Waals surface area contributed by atoms with Crippen LogP contribution in [0.25, 0.3) is 0 Å². The molecule has 0 radical (unpaired) electrons. The Hall–Kier alpha value is -0.120. The molecule has 1 nitrogen and oxygen atoms in total. The van der Waals surface area contributed by atoms with Gasteiger partial charge in [0.05, 0.1) is 5.02 Å². The van der Waals surface area contributed by atoms with Crippen LogP contribution in [-0.2, 0) is 0 Å². The van der Waals surface area contributed by atoms with Gasteiger partial charge in [0, 0.05) is 16.6 Å². The zero-order chi connectivity index (χ0) is 13.2. The summed E-state index contributed by atoms with van der Waals surface area (Å²) in [7, 11) is 0. The van der Waals surface area contributed by atoms with Crippen molar-refractivity contribution < 1.29 is 4.39 Å². The van der Waals surface area contributed by atoms with Gasteiger partial charge in [0.25, 0.3) is 0 Å². The smallest absolute Gasteiger partial charge is 0.146 e. The molecular weight excluding hydrogens is 305 g/mol. The SMILES string of the molecule is CC(C)NC(C)C(C)c1ccc(Br)c(Cl)c1F. The van der Waals surface area contributed by atoms with Crippen LogP contribution in [0.5, 0.6) is 0 Å². The van der Waals surface area contributed by atoms with E-state index in [1.807, 2.05) is 6.92 Å². The van der Waals surface area contributed by atoms with E-state index in [1.54, 1.807) is 12.1 Å². The predicted molar refractivity (Wildman–Crippen MR) is 75.3 cm³/mol. The number of hydrogen-bond donors (Lipinski definition) is 1. The van der Waals surface area contributed by atoms with Crippen LogP contribution in [-0.4, -0.2) is 12.1 Å². The predicted octanol–water partition coefficient (Wildman–Crippen LogP) is 4.73. The molecular formula is C13H18BrClFN. The fraction of sp³-hybridized carbons (Fsp3) is 0.538. The van der Waals surface area contributed by atoms with E-state index in [0.717, 1.165) is 0 Å². The standard InChI is InChI=1S/C13H18BrClFN/c1-7(2)17-9(4)8(3)10-5-6-11(14)12(15)13(10)16/h5-9,17H,1-4H3. The zero-order valence-corrected chi connectivity index (χ0v) is 12.9. The molecule has 0 fully saturated rings. The van der Waals surface area contributed by atoms with Crippen molar-refractivity contribution in [3.63, 3.8) is 0 Å². The van der Waals surface area contributed by atoms with Crippen molar-refractivity contribution in [3.8, 4) is 0 Å². The van der Waals surface area contributed by atoms with Gasteiger partial charge in [-0.15, -0.1) is 0 Å². The summed E-state index contributed by atoms with van der Waals surface area (Å²) in [5.74, 6) is -0.256. The van der Waals surface area contributed by atoms with E-state index < -0.39 is 0 Å². The Bertz CT molecular complexity index is 395. The van der Waals surface area contributed by atoms with Crippen molar-refractivity contribution in [1.82, 2.24) is 5.32 Å². The van der Waals surface area contributed by atoms with E-state index in [2.05, 4.69) is 42.0 Å². The number of nitrogens with one attached hydrogen (secondary N) is 1. The first-order chi connectivity index (χ1) is 7.84. The van der Waals surface area contributed by atoms with Gasteiger partial charge in [-0.2, -0.15) is 0 Å². The molecule has 0 bridgehead atoms. The lowest BCUT2D eigenvalue weighted by molar-refractivity contribution is 0.429. The molecule has 0 heterocycles. The lowest BCUT2D eigenvalue weighted by atomic mass is 9.93. The van der Waals surface area contributed by atoms with E-state index in [-0.39, 0.29) is 22.8 Å². The van der Waals surface area contributed by atoms with Gasteiger partial charge in [0.15, 0.2) is 0 Å². The molecule has 0 spiro atoms. The minimum absolute atomic E-state index is 0.0722. The lowest BCUT2D eigenvalue weighted by Crippen LogP contribution is -2.36. The Morgan fingerprint density at radius 2 is 1.82 bits per heavy atom. The summed E-state index contributed by atoms with van der Waals surface area (Å²) in [6, 6.07) is 4.15.